The van der Waals surface area contributed by atoms with Gasteiger partial charge in [-0.15, -0.1) is 0 Å². The van der Waals surface area contributed by atoms with Crippen LogP contribution in [0, 0.1) is 11.8 Å². The molecular weight excluding hydrogens is 428 g/mol. The van der Waals surface area contributed by atoms with Crippen LogP contribution in [0.4, 0.5) is 5.82 Å². The number of hydrogen-bond acceptors (Lipinski definition) is 9. The maximum absolute atomic E-state index is 12.0. The lowest BCUT2D eigenvalue weighted by atomic mass is 10.1. The zero-order chi connectivity index (χ0) is 23.7. The number of likely N-dealkylation sites (N-methyl/N-ethyl adjacent to an activating group) is 1. The number of anilines is 1. The van der Waals surface area contributed by atoms with Crippen LogP contribution >= 0.6 is 0 Å². The smallest absolute Gasteiger partial charge is 0.251 e. The Balaban J connectivity index is 1.71. The molecule has 1 saturated heterocycles. The van der Waals surface area contributed by atoms with Crippen LogP contribution in [-0.4, -0.2) is 73.8 Å². The van der Waals surface area contributed by atoms with Crippen LogP contribution in [0.25, 0.3) is 11.2 Å². The van der Waals surface area contributed by atoms with E-state index in [1.165, 1.54) is 24.9 Å². The fraction of sp³-hybridized carbons (Fsp3) is 0.318. The number of hydrogen-bond donors (Lipinski definition) is 4. The summed E-state index contributed by atoms with van der Waals surface area (Å²) in [7, 11) is 3.08. The number of nitrogens with one attached hydrogen (secondary N) is 2. The molecule has 4 atom stereocenters. The van der Waals surface area contributed by atoms with Gasteiger partial charge in [-0.1, -0.05) is 18.1 Å². The van der Waals surface area contributed by atoms with E-state index in [9.17, 15) is 19.8 Å². The number of ether oxygens (including phenoxy) is 1. The maximum atomic E-state index is 12.0. The molecular formula is C22H22N6O5. The molecule has 0 unspecified atom stereocenters. The summed E-state index contributed by atoms with van der Waals surface area (Å²) >= 11 is 0. The fourth-order valence-electron chi connectivity index (χ4n) is 3.50. The van der Waals surface area contributed by atoms with E-state index >= 15 is 0 Å². The molecule has 1 fully saturated rings. The fourth-order valence-corrected chi connectivity index (χ4v) is 3.50. The molecule has 33 heavy (non-hydrogen) atoms. The van der Waals surface area contributed by atoms with Crippen molar-refractivity contribution in [2.75, 3.05) is 19.4 Å². The van der Waals surface area contributed by atoms with Crippen molar-refractivity contribution in [3.05, 3.63) is 47.5 Å². The van der Waals surface area contributed by atoms with Crippen LogP contribution in [0.2, 0.25) is 0 Å². The Hall–Kier alpha value is -3.85. The predicted molar refractivity (Wildman–Crippen MR) is 117 cm³/mol. The third-order valence-corrected chi connectivity index (χ3v) is 5.29. The number of Topliss-reactive ketones (excluding diaryl/α,β-unsaturated/α-hetero) is 1. The van der Waals surface area contributed by atoms with Crippen molar-refractivity contribution in [1.29, 1.82) is 0 Å². The van der Waals surface area contributed by atoms with Gasteiger partial charge in [0, 0.05) is 25.2 Å². The van der Waals surface area contributed by atoms with Gasteiger partial charge in [0.2, 0.25) is 5.82 Å². The molecule has 170 valence electrons. The van der Waals surface area contributed by atoms with E-state index in [1.807, 2.05) is 0 Å². The summed E-state index contributed by atoms with van der Waals surface area (Å²) in [5.74, 6) is 5.84. The van der Waals surface area contributed by atoms with Crippen molar-refractivity contribution in [1.82, 2.24) is 24.8 Å². The molecule has 0 saturated carbocycles. The average Bonchev–Trinajstić information content (AvgIpc) is 3.37. The van der Waals surface area contributed by atoms with Crippen LogP contribution in [0.3, 0.4) is 0 Å². The van der Waals surface area contributed by atoms with Gasteiger partial charge in [0.15, 0.2) is 35.1 Å². The van der Waals surface area contributed by atoms with E-state index in [1.54, 1.807) is 31.3 Å². The lowest BCUT2D eigenvalue weighted by Gasteiger charge is -2.16. The number of amides is 1. The summed E-state index contributed by atoms with van der Waals surface area (Å²) in [5, 5.41) is 26.1. The van der Waals surface area contributed by atoms with Gasteiger partial charge in [-0.05, 0) is 25.0 Å². The second-order valence-corrected chi connectivity index (χ2v) is 7.40. The molecule has 0 spiro atoms. The SMILES string of the molecule is CNC(=O)[C@H]1O[C@@H](n2cnc3c(NC)nc(C#Cc4ccc(C(C)=O)cc4)nc32)[C@H](O)[C@@H]1O. The quantitative estimate of drug-likeness (QED) is 0.314. The highest BCUT2D eigenvalue weighted by Crippen LogP contribution is 2.32. The van der Waals surface area contributed by atoms with Crippen molar-refractivity contribution >= 4 is 28.7 Å². The van der Waals surface area contributed by atoms with Crippen molar-refractivity contribution < 1.29 is 24.5 Å². The van der Waals surface area contributed by atoms with Crippen molar-refractivity contribution in [2.24, 2.45) is 0 Å². The first-order valence-corrected chi connectivity index (χ1v) is 10.1. The van der Waals surface area contributed by atoms with Gasteiger partial charge in [0.05, 0.1) is 6.33 Å². The van der Waals surface area contributed by atoms with E-state index < -0.39 is 30.4 Å². The number of imidazole rings is 1. The van der Waals surface area contributed by atoms with E-state index in [4.69, 9.17) is 4.74 Å². The number of aliphatic hydroxyl groups excluding tert-OH is 2. The number of aliphatic hydroxyl groups is 2. The number of carbonyl (C=O) groups is 2. The second kappa shape index (κ2) is 8.95. The van der Waals surface area contributed by atoms with E-state index in [0.717, 1.165) is 0 Å². The van der Waals surface area contributed by atoms with Gasteiger partial charge in [0.25, 0.3) is 5.91 Å². The molecule has 4 rings (SSSR count). The summed E-state index contributed by atoms with van der Waals surface area (Å²) < 4.78 is 7.06. The Morgan fingerprint density at radius 2 is 1.82 bits per heavy atom. The number of rotatable bonds is 4. The number of fused-ring (bicyclic) bond motifs is 1. The zero-order valence-corrected chi connectivity index (χ0v) is 18.1. The summed E-state index contributed by atoms with van der Waals surface area (Å²) in [4.78, 5) is 36.5. The van der Waals surface area contributed by atoms with Gasteiger partial charge >= 0.3 is 0 Å². The Bertz CT molecular complexity index is 1280. The standard InChI is InChI=1S/C22H22N6O5/c1-11(29)13-7-4-12(5-8-13)6-9-14-26-19(23-2)15-20(27-14)28(10-25-15)22-17(31)16(30)18(33-22)21(32)24-3/h4-5,7-8,10,16-18,22,30-31H,1-3H3,(H,24,32)(H,23,26,27)/t16-,17+,18-,22+/m0/s1. The Morgan fingerprint density at radius 1 is 1.09 bits per heavy atom. The van der Waals surface area contributed by atoms with E-state index in [2.05, 4.69) is 37.4 Å². The second-order valence-electron chi connectivity index (χ2n) is 7.40. The minimum Gasteiger partial charge on any atom is -0.387 e. The summed E-state index contributed by atoms with van der Waals surface area (Å²) in [6.07, 6.45) is -3.74. The van der Waals surface area contributed by atoms with Gasteiger partial charge < -0.3 is 25.6 Å². The van der Waals surface area contributed by atoms with Crippen LogP contribution < -0.4 is 10.6 Å². The van der Waals surface area contributed by atoms with E-state index in [-0.39, 0.29) is 11.6 Å². The molecule has 0 radical (unpaired) electrons. The van der Waals surface area contributed by atoms with Crippen LogP contribution in [-0.2, 0) is 9.53 Å². The summed E-state index contributed by atoms with van der Waals surface area (Å²) in [6.45, 7) is 1.49. The van der Waals surface area contributed by atoms with Crippen molar-refractivity contribution in [2.45, 2.75) is 31.5 Å². The Morgan fingerprint density at radius 3 is 2.45 bits per heavy atom. The minimum atomic E-state index is -1.42. The molecule has 1 aliphatic heterocycles. The molecule has 3 aromatic rings. The minimum absolute atomic E-state index is 0.0321. The van der Waals surface area contributed by atoms with Crippen LogP contribution in [0.1, 0.15) is 34.9 Å². The first-order valence-electron chi connectivity index (χ1n) is 10.1. The number of carbonyl (C=O) groups excluding carboxylic acids is 2. The van der Waals surface area contributed by atoms with E-state index in [0.29, 0.717) is 28.1 Å². The molecule has 1 aromatic carbocycles. The number of nitrogens with zero attached hydrogens (tertiary/aromatic N) is 4. The number of aromatic nitrogens is 4. The predicted octanol–water partition coefficient (Wildman–Crippen LogP) is -0.164. The molecule has 4 N–H and O–H groups in total. The van der Waals surface area contributed by atoms with Crippen molar-refractivity contribution in [3.8, 4) is 11.8 Å². The average molecular weight is 450 g/mol. The molecule has 11 heteroatoms. The monoisotopic (exact) mass is 450 g/mol. The maximum Gasteiger partial charge on any atom is 0.251 e. The lowest BCUT2D eigenvalue weighted by molar-refractivity contribution is -0.137. The van der Waals surface area contributed by atoms with Crippen LogP contribution in [0.5, 0.6) is 0 Å². The zero-order valence-electron chi connectivity index (χ0n) is 18.1. The van der Waals surface area contributed by atoms with Crippen LogP contribution in [0.15, 0.2) is 30.6 Å². The van der Waals surface area contributed by atoms with Gasteiger partial charge in [0.1, 0.15) is 12.2 Å². The van der Waals surface area contributed by atoms with Gasteiger partial charge in [-0.3, -0.25) is 14.2 Å². The van der Waals surface area contributed by atoms with Crippen molar-refractivity contribution in [3.63, 3.8) is 0 Å². The molecule has 0 aliphatic carbocycles. The number of benzene rings is 1. The highest BCUT2D eigenvalue weighted by molar-refractivity contribution is 5.94. The topological polar surface area (TPSA) is 151 Å². The van der Waals surface area contributed by atoms with Gasteiger partial charge in [-0.25, -0.2) is 15.0 Å². The number of ketones is 1. The van der Waals surface area contributed by atoms with Gasteiger partial charge in [-0.2, -0.15) is 0 Å². The highest BCUT2D eigenvalue weighted by Gasteiger charge is 2.47. The normalized spacial score (nSPS) is 22.0. The Kier molecular flexibility index (Phi) is 6.06. The molecule has 0 bridgehead atoms. The molecule has 11 nitrogen and oxygen atoms in total. The molecule has 1 aliphatic rings. The largest absolute Gasteiger partial charge is 0.387 e. The molecule has 1 amide bonds. The third-order valence-electron chi connectivity index (χ3n) is 5.29. The first-order chi connectivity index (χ1) is 15.8. The highest BCUT2D eigenvalue weighted by atomic mass is 16.6. The summed E-state index contributed by atoms with van der Waals surface area (Å²) in [5.41, 5.74) is 1.98. The molecule has 2 aromatic heterocycles. The molecule has 3 heterocycles. The summed E-state index contributed by atoms with van der Waals surface area (Å²) in [6, 6.07) is 6.85. The first kappa shape index (κ1) is 22.3. The lowest BCUT2D eigenvalue weighted by Crippen LogP contribution is -2.41. The Labute approximate surface area is 188 Å². The third kappa shape index (κ3) is 4.14.